The lowest BCUT2D eigenvalue weighted by Gasteiger charge is -2.15. The second-order valence-corrected chi connectivity index (χ2v) is 5.37. The molecule has 1 aromatic carbocycles. The van der Waals surface area contributed by atoms with Gasteiger partial charge in [0.2, 0.25) is 0 Å². The third kappa shape index (κ3) is 5.38. The Morgan fingerprint density at radius 1 is 1.35 bits per heavy atom. The van der Waals surface area contributed by atoms with E-state index >= 15 is 0 Å². The summed E-state index contributed by atoms with van der Waals surface area (Å²) in [5, 5.41) is 11.6. The summed E-state index contributed by atoms with van der Waals surface area (Å²) in [6.07, 6.45) is 2.29. The number of oxime groups is 1. The Morgan fingerprint density at radius 3 is 2.70 bits per heavy atom. The van der Waals surface area contributed by atoms with Crippen molar-refractivity contribution in [3.8, 4) is 11.5 Å². The molecule has 0 aromatic heterocycles. The van der Waals surface area contributed by atoms with Crippen molar-refractivity contribution in [1.82, 2.24) is 4.90 Å². The number of ether oxygens (including phenoxy) is 2. The lowest BCUT2D eigenvalue weighted by molar-refractivity contribution is 0.257. The van der Waals surface area contributed by atoms with E-state index in [1.165, 1.54) is 6.21 Å². The zero-order valence-electron chi connectivity index (χ0n) is 12.1. The second kappa shape index (κ2) is 8.81. The van der Waals surface area contributed by atoms with Crippen LogP contribution in [0.4, 0.5) is 0 Å². The minimum absolute atomic E-state index is 0.542. The molecular formula is C14H21BrN2O3. The minimum atomic E-state index is 0.542. The minimum Gasteiger partial charge on any atom is -0.490 e. The summed E-state index contributed by atoms with van der Waals surface area (Å²) >= 11 is 3.46. The van der Waals surface area contributed by atoms with Gasteiger partial charge in [0.15, 0.2) is 11.5 Å². The molecule has 0 fully saturated rings. The van der Waals surface area contributed by atoms with Gasteiger partial charge in [0.1, 0.15) is 0 Å². The molecule has 20 heavy (non-hydrogen) atoms. The molecule has 0 saturated carbocycles. The Kier molecular flexibility index (Phi) is 7.40. The normalized spacial score (nSPS) is 11.2. The van der Waals surface area contributed by atoms with Gasteiger partial charge in [0, 0.05) is 12.1 Å². The Balaban J connectivity index is 2.81. The maximum absolute atomic E-state index is 8.60. The first kappa shape index (κ1) is 16.8. The maximum Gasteiger partial charge on any atom is 0.175 e. The summed E-state index contributed by atoms with van der Waals surface area (Å²) in [5.41, 5.74) is 0.739. The van der Waals surface area contributed by atoms with Crippen molar-refractivity contribution < 1.29 is 14.7 Å². The summed E-state index contributed by atoms with van der Waals surface area (Å²) in [6, 6.07) is 3.61. The molecule has 0 bridgehead atoms. The van der Waals surface area contributed by atoms with Crippen molar-refractivity contribution in [2.45, 2.75) is 13.3 Å². The molecule has 5 nitrogen and oxygen atoms in total. The molecule has 0 unspecified atom stereocenters. The van der Waals surface area contributed by atoms with Crippen molar-refractivity contribution in [2.75, 3.05) is 33.9 Å². The van der Waals surface area contributed by atoms with Crippen LogP contribution in [0, 0.1) is 0 Å². The van der Waals surface area contributed by atoms with Crippen LogP contribution in [0.1, 0.15) is 18.9 Å². The van der Waals surface area contributed by atoms with E-state index in [1.807, 2.05) is 27.1 Å². The zero-order valence-corrected chi connectivity index (χ0v) is 13.7. The molecule has 1 aromatic rings. The molecule has 112 valence electrons. The van der Waals surface area contributed by atoms with Crippen LogP contribution in [-0.2, 0) is 0 Å². The molecule has 0 aliphatic heterocycles. The van der Waals surface area contributed by atoms with Crippen LogP contribution in [0.2, 0.25) is 0 Å². The van der Waals surface area contributed by atoms with Crippen molar-refractivity contribution in [1.29, 1.82) is 0 Å². The van der Waals surface area contributed by atoms with E-state index in [1.54, 1.807) is 6.07 Å². The van der Waals surface area contributed by atoms with Gasteiger partial charge in [0.25, 0.3) is 0 Å². The monoisotopic (exact) mass is 344 g/mol. The highest BCUT2D eigenvalue weighted by Crippen LogP contribution is 2.36. The van der Waals surface area contributed by atoms with Gasteiger partial charge in [-0.15, -0.1) is 0 Å². The van der Waals surface area contributed by atoms with Crippen molar-refractivity contribution in [3.05, 3.63) is 22.2 Å². The maximum atomic E-state index is 8.60. The highest BCUT2D eigenvalue weighted by molar-refractivity contribution is 9.10. The van der Waals surface area contributed by atoms with E-state index in [4.69, 9.17) is 14.7 Å². The van der Waals surface area contributed by atoms with Gasteiger partial charge in [0.05, 0.1) is 23.9 Å². The van der Waals surface area contributed by atoms with Crippen LogP contribution in [-0.4, -0.2) is 50.2 Å². The van der Waals surface area contributed by atoms with Gasteiger partial charge in [-0.05, 0) is 55.5 Å². The van der Waals surface area contributed by atoms with E-state index in [0.717, 1.165) is 23.0 Å². The SMILES string of the molecule is CCOc1cc(C=NO)cc(Br)c1OCCCN(C)C. The number of hydrogen-bond acceptors (Lipinski definition) is 5. The molecule has 0 heterocycles. The van der Waals surface area contributed by atoms with Gasteiger partial charge in [-0.1, -0.05) is 5.16 Å². The fourth-order valence-corrected chi connectivity index (χ4v) is 2.26. The van der Waals surface area contributed by atoms with E-state index < -0.39 is 0 Å². The smallest absolute Gasteiger partial charge is 0.175 e. The largest absolute Gasteiger partial charge is 0.490 e. The predicted molar refractivity (Wildman–Crippen MR) is 83.4 cm³/mol. The molecule has 0 aliphatic carbocycles. The Labute approximate surface area is 128 Å². The number of hydrogen-bond donors (Lipinski definition) is 1. The number of rotatable bonds is 8. The Bertz CT molecular complexity index is 450. The lowest BCUT2D eigenvalue weighted by atomic mass is 10.2. The fourth-order valence-electron chi connectivity index (χ4n) is 1.69. The molecule has 1 rings (SSSR count). The average Bonchev–Trinajstić information content (AvgIpc) is 2.37. The molecule has 0 radical (unpaired) electrons. The fraction of sp³-hybridized carbons (Fsp3) is 0.500. The van der Waals surface area contributed by atoms with Crippen LogP contribution in [0.5, 0.6) is 11.5 Å². The zero-order chi connectivity index (χ0) is 15.0. The molecular weight excluding hydrogens is 324 g/mol. The second-order valence-electron chi connectivity index (χ2n) is 4.51. The van der Waals surface area contributed by atoms with Crippen molar-refractivity contribution in [2.24, 2.45) is 5.16 Å². The van der Waals surface area contributed by atoms with Crippen LogP contribution < -0.4 is 9.47 Å². The Hall–Kier alpha value is -1.27. The van der Waals surface area contributed by atoms with Gasteiger partial charge in [-0.25, -0.2) is 0 Å². The molecule has 1 N–H and O–H groups in total. The third-order valence-electron chi connectivity index (χ3n) is 2.53. The van der Waals surface area contributed by atoms with Crippen molar-refractivity contribution >= 4 is 22.1 Å². The summed E-state index contributed by atoms with van der Waals surface area (Å²) in [6.45, 7) is 4.04. The predicted octanol–water partition coefficient (Wildman–Crippen LogP) is 2.99. The van der Waals surface area contributed by atoms with E-state index in [0.29, 0.717) is 24.7 Å². The average molecular weight is 345 g/mol. The lowest BCUT2D eigenvalue weighted by Crippen LogP contribution is -2.15. The quantitative estimate of drug-likeness (QED) is 0.341. The van der Waals surface area contributed by atoms with Gasteiger partial charge in [-0.3, -0.25) is 0 Å². The van der Waals surface area contributed by atoms with Crippen molar-refractivity contribution in [3.63, 3.8) is 0 Å². The number of halogens is 1. The molecule has 6 heteroatoms. The van der Waals surface area contributed by atoms with Crippen LogP contribution >= 0.6 is 15.9 Å². The van der Waals surface area contributed by atoms with Gasteiger partial charge >= 0.3 is 0 Å². The molecule has 0 saturated heterocycles. The Morgan fingerprint density at radius 2 is 2.10 bits per heavy atom. The van der Waals surface area contributed by atoms with Gasteiger partial charge in [-0.2, -0.15) is 0 Å². The topological polar surface area (TPSA) is 54.3 Å². The van der Waals surface area contributed by atoms with Crippen LogP contribution in [0.15, 0.2) is 21.8 Å². The van der Waals surface area contributed by atoms with Gasteiger partial charge < -0.3 is 19.6 Å². The molecule has 0 amide bonds. The first-order valence-corrected chi connectivity index (χ1v) is 7.29. The summed E-state index contributed by atoms with van der Waals surface area (Å²) < 4.78 is 12.2. The number of benzene rings is 1. The highest BCUT2D eigenvalue weighted by Gasteiger charge is 2.11. The number of nitrogens with zero attached hydrogens (tertiary/aromatic N) is 2. The van der Waals surface area contributed by atoms with E-state index in [9.17, 15) is 0 Å². The molecule has 0 aliphatic rings. The first-order valence-electron chi connectivity index (χ1n) is 6.49. The van der Waals surface area contributed by atoms with E-state index in [2.05, 4.69) is 26.0 Å². The van der Waals surface area contributed by atoms with Crippen LogP contribution in [0.3, 0.4) is 0 Å². The third-order valence-corrected chi connectivity index (χ3v) is 3.12. The molecule has 0 atom stereocenters. The standard InChI is InChI=1S/C14H21BrN2O3/c1-4-19-13-9-11(10-16-18)8-12(15)14(13)20-7-5-6-17(2)3/h8-10,18H,4-7H2,1-3H3. The summed E-state index contributed by atoms with van der Waals surface area (Å²) in [4.78, 5) is 2.11. The van der Waals surface area contributed by atoms with E-state index in [-0.39, 0.29) is 0 Å². The summed E-state index contributed by atoms with van der Waals surface area (Å²) in [5.74, 6) is 1.32. The first-order chi connectivity index (χ1) is 9.58. The van der Waals surface area contributed by atoms with Crippen LogP contribution in [0.25, 0.3) is 0 Å². The highest BCUT2D eigenvalue weighted by atomic mass is 79.9. The molecule has 0 spiro atoms. The summed E-state index contributed by atoms with van der Waals surface area (Å²) in [7, 11) is 4.06.